The van der Waals surface area contributed by atoms with Crippen molar-refractivity contribution in [3.05, 3.63) is 91.1 Å². The Labute approximate surface area is 141 Å². The van der Waals surface area contributed by atoms with Crippen LogP contribution in [0.3, 0.4) is 0 Å². The number of H-pyrrole nitrogens is 2. The van der Waals surface area contributed by atoms with Crippen molar-refractivity contribution in [2.45, 2.75) is 0 Å². The summed E-state index contributed by atoms with van der Waals surface area (Å²) in [6.45, 7) is 0.181. The van der Waals surface area contributed by atoms with E-state index in [0.29, 0.717) is 11.5 Å². The molecule has 3 aromatic rings. The number of benzene rings is 2. The molecule has 0 saturated heterocycles. The van der Waals surface area contributed by atoms with Gasteiger partial charge < -0.3 is 19.4 Å². The molecule has 0 atom stereocenters. The molecule has 2 N–H and O–H groups in total. The largest absolute Gasteiger partial charge is 0.454 e. The molecule has 124 valence electrons. The number of aromatic nitrogens is 2. The average molecular weight is 334 g/mol. The van der Waals surface area contributed by atoms with Crippen molar-refractivity contribution in [2.24, 2.45) is 0 Å². The Kier molecular flexibility index (Phi) is 3.70. The Morgan fingerprint density at radius 1 is 0.760 bits per heavy atom. The summed E-state index contributed by atoms with van der Waals surface area (Å²) < 4.78 is 10.6. The maximum absolute atomic E-state index is 12.3. The van der Waals surface area contributed by atoms with Crippen LogP contribution in [0.1, 0.15) is 11.1 Å². The number of aromatic amines is 2. The summed E-state index contributed by atoms with van der Waals surface area (Å²) in [7, 11) is 0. The summed E-state index contributed by atoms with van der Waals surface area (Å²) in [5.74, 6) is 1.27. The molecule has 2 aromatic carbocycles. The van der Waals surface area contributed by atoms with Gasteiger partial charge in [0.1, 0.15) is 10.7 Å². The van der Waals surface area contributed by atoms with Gasteiger partial charge in [-0.05, 0) is 35.4 Å². The van der Waals surface area contributed by atoms with E-state index in [1.54, 1.807) is 30.4 Å². The monoisotopic (exact) mass is 334 g/mol. The smallest absolute Gasteiger partial charge is 0.272 e. The fourth-order valence-corrected chi connectivity index (χ4v) is 2.58. The number of nitrogens with one attached hydrogen (secondary N) is 2. The zero-order valence-electron chi connectivity index (χ0n) is 13.1. The molecule has 25 heavy (non-hydrogen) atoms. The van der Waals surface area contributed by atoms with E-state index >= 15 is 0 Å². The van der Waals surface area contributed by atoms with Crippen molar-refractivity contribution >= 4 is 12.2 Å². The lowest BCUT2D eigenvalue weighted by molar-refractivity contribution is 0.174. The Balaban J connectivity index is 1.80. The number of hydrogen-bond acceptors (Lipinski definition) is 4. The third kappa shape index (κ3) is 3.10. The quantitative estimate of drug-likeness (QED) is 0.713. The Hall–Kier alpha value is -3.54. The van der Waals surface area contributed by atoms with Crippen molar-refractivity contribution in [3.63, 3.8) is 0 Å². The molecule has 0 saturated carbocycles. The topological polar surface area (TPSA) is 84.2 Å². The zero-order valence-corrected chi connectivity index (χ0v) is 13.1. The van der Waals surface area contributed by atoms with Crippen LogP contribution < -0.4 is 31.3 Å². The highest BCUT2D eigenvalue weighted by molar-refractivity contribution is 5.56. The molecular formula is C19H14N2O4. The maximum Gasteiger partial charge on any atom is 0.272 e. The molecule has 0 aliphatic carbocycles. The molecule has 0 fully saturated rings. The highest BCUT2D eigenvalue weighted by Crippen LogP contribution is 2.32. The van der Waals surface area contributed by atoms with E-state index in [9.17, 15) is 9.59 Å². The van der Waals surface area contributed by atoms with E-state index in [0.717, 1.165) is 11.1 Å². The minimum atomic E-state index is -0.376. The molecule has 2 heterocycles. The number of rotatable bonds is 2. The lowest BCUT2D eigenvalue weighted by Gasteiger charge is -1.97. The van der Waals surface area contributed by atoms with Crippen molar-refractivity contribution in [1.82, 2.24) is 9.97 Å². The van der Waals surface area contributed by atoms with E-state index in [4.69, 9.17) is 9.47 Å². The molecular weight excluding hydrogens is 320 g/mol. The van der Waals surface area contributed by atoms with E-state index < -0.39 is 0 Å². The van der Waals surface area contributed by atoms with Crippen LogP contribution in [0.5, 0.6) is 11.5 Å². The Morgan fingerprint density at radius 3 is 2.12 bits per heavy atom. The van der Waals surface area contributed by atoms with Gasteiger partial charge in [-0.25, -0.2) is 0 Å². The summed E-state index contributed by atoms with van der Waals surface area (Å²) in [5.41, 5.74) is 0.816. The fraction of sp³-hybridized carbons (Fsp3) is 0.0526. The molecule has 6 nitrogen and oxygen atoms in total. The van der Waals surface area contributed by atoms with E-state index in [2.05, 4.69) is 9.97 Å². The summed E-state index contributed by atoms with van der Waals surface area (Å²) >= 11 is 0. The second kappa shape index (κ2) is 6.16. The molecule has 0 amide bonds. The first-order chi connectivity index (χ1) is 12.2. The van der Waals surface area contributed by atoms with Crippen molar-refractivity contribution in [2.75, 3.05) is 6.79 Å². The zero-order chi connectivity index (χ0) is 17.2. The molecule has 1 aliphatic heterocycles. The summed E-state index contributed by atoms with van der Waals surface area (Å²) in [4.78, 5) is 29.8. The van der Waals surface area contributed by atoms with Crippen LogP contribution in [0.25, 0.3) is 12.2 Å². The minimum Gasteiger partial charge on any atom is -0.454 e. The van der Waals surface area contributed by atoms with Gasteiger partial charge in [0.2, 0.25) is 6.79 Å². The summed E-state index contributed by atoms with van der Waals surface area (Å²) in [6.07, 6.45) is 3.22. The minimum absolute atomic E-state index is 0.175. The normalized spacial score (nSPS) is 14.1. The molecule has 1 aromatic heterocycles. The first-order valence-electron chi connectivity index (χ1n) is 7.70. The number of hydrogen-bond donors (Lipinski definition) is 2. The second-order valence-corrected chi connectivity index (χ2v) is 5.55. The van der Waals surface area contributed by atoms with Gasteiger partial charge in [-0.3, -0.25) is 9.59 Å². The van der Waals surface area contributed by atoms with Gasteiger partial charge in [-0.15, -0.1) is 0 Å². The highest BCUT2D eigenvalue weighted by atomic mass is 16.7. The van der Waals surface area contributed by atoms with Gasteiger partial charge in [0, 0.05) is 0 Å². The standard InChI is InChI=1S/C19H14N2O4/c22-18-14(8-12-4-2-1-3-5-12)20-19(23)15(21-18)9-13-6-7-16-17(10-13)25-11-24-16/h1-10H,11H2,(H,20,23)(H,21,22)/b14-8-,15-9-. The molecule has 0 bridgehead atoms. The van der Waals surface area contributed by atoms with Crippen molar-refractivity contribution < 1.29 is 9.47 Å². The molecule has 0 unspecified atom stereocenters. The first kappa shape index (κ1) is 15.0. The van der Waals surface area contributed by atoms with Gasteiger partial charge in [-0.1, -0.05) is 36.4 Å². The van der Waals surface area contributed by atoms with Gasteiger partial charge in [0.15, 0.2) is 11.5 Å². The predicted octanol–water partition coefficient (Wildman–Crippen LogP) is 0.449. The number of ether oxygens (including phenoxy) is 2. The number of fused-ring (bicyclic) bond motifs is 1. The van der Waals surface area contributed by atoms with Crippen LogP contribution in [-0.4, -0.2) is 16.8 Å². The predicted molar refractivity (Wildman–Crippen MR) is 93.1 cm³/mol. The van der Waals surface area contributed by atoms with Gasteiger partial charge >= 0.3 is 0 Å². The maximum atomic E-state index is 12.3. The van der Waals surface area contributed by atoms with E-state index in [-0.39, 0.29) is 28.6 Å². The lowest BCUT2D eigenvalue weighted by Crippen LogP contribution is -2.46. The SMILES string of the molecule is O=c1[nH]/c(=C\c2ccc3c(c2)OCO3)c(=O)[nH]/c1=C\c1ccccc1. The lowest BCUT2D eigenvalue weighted by atomic mass is 10.2. The van der Waals surface area contributed by atoms with Crippen molar-refractivity contribution in [1.29, 1.82) is 0 Å². The van der Waals surface area contributed by atoms with E-state index in [1.807, 2.05) is 30.3 Å². The van der Waals surface area contributed by atoms with Crippen LogP contribution in [0.15, 0.2) is 58.1 Å². The van der Waals surface area contributed by atoms with Crippen LogP contribution >= 0.6 is 0 Å². The molecule has 4 rings (SSSR count). The van der Waals surface area contributed by atoms with Crippen molar-refractivity contribution in [3.8, 4) is 11.5 Å². The second-order valence-electron chi connectivity index (χ2n) is 5.55. The van der Waals surface area contributed by atoms with Crippen LogP contribution in [-0.2, 0) is 0 Å². The highest BCUT2D eigenvalue weighted by Gasteiger charge is 2.12. The Bertz CT molecular complexity index is 1160. The van der Waals surface area contributed by atoms with Crippen LogP contribution in [0.4, 0.5) is 0 Å². The van der Waals surface area contributed by atoms with Gasteiger partial charge in [0.05, 0.1) is 0 Å². The van der Waals surface area contributed by atoms with Crippen LogP contribution in [0.2, 0.25) is 0 Å². The molecule has 0 spiro atoms. The first-order valence-corrected chi connectivity index (χ1v) is 7.70. The van der Waals surface area contributed by atoms with E-state index in [1.165, 1.54) is 0 Å². The fourth-order valence-electron chi connectivity index (χ4n) is 2.58. The molecule has 1 aliphatic rings. The summed E-state index contributed by atoms with van der Waals surface area (Å²) in [6, 6.07) is 14.6. The van der Waals surface area contributed by atoms with Crippen LogP contribution in [0, 0.1) is 0 Å². The summed E-state index contributed by atoms with van der Waals surface area (Å²) in [5, 5.41) is 0.383. The Morgan fingerprint density at radius 2 is 1.40 bits per heavy atom. The van der Waals surface area contributed by atoms with Gasteiger partial charge in [-0.2, -0.15) is 0 Å². The molecule has 0 radical (unpaired) electrons. The van der Waals surface area contributed by atoms with Gasteiger partial charge in [0.25, 0.3) is 11.1 Å². The average Bonchev–Trinajstić information content (AvgIpc) is 3.08. The third-order valence-electron chi connectivity index (χ3n) is 3.80. The molecule has 6 heteroatoms. The third-order valence-corrected chi connectivity index (χ3v) is 3.80.